The fourth-order valence-electron chi connectivity index (χ4n) is 5.10. The summed E-state index contributed by atoms with van der Waals surface area (Å²) < 4.78 is 5.24. The van der Waals surface area contributed by atoms with Gasteiger partial charge in [-0.3, -0.25) is 4.79 Å². The number of ether oxygens (including phenoxy) is 1. The lowest BCUT2D eigenvalue weighted by atomic mass is 10.0. The summed E-state index contributed by atoms with van der Waals surface area (Å²) in [6.07, 6.45) is 3.32. The predicted octanol–water partition coefficient (Wildman–Crippen LogP) is 2.98. The number of carbonyl (C=O) groups is 2. The highest BCUT2D eigenvalue weighted by Gasteiger charge is 2.32. The number of hydrogen-bond acceptors (Lipinski definition) is 9. The number of hydrogen-bond donors (Lipinski definition) is 4. The quantitative estimate of drug-likeness (QED) is 0.374. The molecule has 0 bridgehead atoms. The summed E-state index contributed by atoms with van der Waals surface area (Å²) >= 11 is 1.34. The maximum Gasteiger partial charge on any atom is 0.321 e. The Morgan fingerprint density at radius 1 is 1.18 bits per heavy atom. The van der Waals surface area contributed by atoms with E-state index >= 15 is 0 Å². The van der Waals surface area contributed by atoms with Crippen molar-refractivity contribution >= 4 is 50.9 Å². The Bertz CT molecular complexity index is 1350. The minimum atomic E-state index is -0.841. The molecule has 3 aromatic rings. The van der Waals surface area contributed by atoms with Gasteiger partial charge in [0.05, 0.1) is 23.7 Å². The molecule has 1 aliphatic heterocycles. The van der Waals surface area contributed by atoms with Gasteiger partial charge in [0.1, 0.15) is 16.4 Å². The van der Waals surface area contributed by atoms with Crippen LogP contribution in [0.5, 0.6) is 5.75 Å². The number of aryl methyl sites for hydroxylation is 1. The van der Waals surface area contributed by atoms with Crippen LogP contribution >= 0.6 is 11.3 Å². The van der Waals surface area contributed by atoms with Gasteiger partial charge in [-0.15, -0.1) is 11.3 Å². The Morgan fingerprint density at radius 2 is 1.92 bits per heavy atom. The maximum atomic E-state index is 13.1. The zero-order valence-electron chi connectivity index (χ0n) is 21.6. The summed E-state index contributed by atoms with van der Waals surface area (Å²) in [5, 5.41) is 18.9. The molecule has 1 saturated carbocycles. The van der Waals surface area contributed by atoms with E-state index < -0.39 is 5.60 Å². The van der Waals surface area contributed by atoms with Crippen LogP contribution in [0.25, 0.3) is 10.2 Å². The third-order valence-corrected chi connectivity index (χ3v) is 8.20. The third-order valence-electron chi connectivity index (χ3n) is 7.33. The number of rotatable bonds is 6. The number of thiophene rings is 1. The summed E-state index contributed by atoms with van der Waals surface area (Å²) in [7, 11) is 1.61. The molecule has 1 aliphatic carbocycles. The Hall–Kier alpha value is -3.64. The first-order valence-corrected chi connectivity index (χ1v) is 13.6. The number of methoxy groups -OCH3 is 1. The predicted molar refractivity (Wildman–Crippen MR) is 148 cm³/mol. The van der Waals surface area contributed by atoms with Crippen molar-refractivity contribution in [3.8, 4) is 5.75 Å². The standard InChI is InChI=1S/C26H33N7O4S/c1-16-13-17(37-2)5-6-19(16)29-25(35)33-11-9-32(10-12-33)21-20-18(14-38-23(20)31-24(27)30-21)22(34)28-15-26(36)7-3-4-8-26/h5-6,13-14,36H,3-4,7-12,15H2,1-2H3,(H,28,34)(H,29,35)(H2,27,30,31). The van der Waals surface area contributed by atoms with Crippen molar-refractivity contribution in [3.63, 3.8) is 0 Å². The number of nitrogen functional groups attached to an aromatic ring is 1. The molecule has 0 radical (unpaired) electrons. The van der Waals surface area contributed by atoms with Gasteiger partial charge >= 0.3 is 6.03 Å². The second-order valence-electron chi connectivity index (χ2n) is 9.93. The highest BCUT2D eigenvalue weighted by Crippen LogP contribution is 2.34. The van der Waals surface area contributed by atoms with E-state index in [4.69, 9.17) is 10.5 Å². The molecule has 202 valence electrons. The number of carbonyl (C=O) groups excluding carboxylic acids is 2. The minimum Gasteiger partial charge on any atom is -0.497 e. The van der Waals surface area contributed by atoms with Crippen LogP contribution < -0.4 is 26.0 Å². The third kappa shape index (κ3) is 5.32. The summed E-state index contributed by atoms with van der Waals surface area (Å²) in [5.41, 5.74) is 7.29. The summed E-state index contributed by atoms with van der Waals surface area (Å²) in [6.45, 7) is 4.14. The van der Waals surface area contributed by atoms with Crippen LogP contribution in [0.4, 0.5) is 22.2 Å². The number of benzene rings is 1. The largest absolute Gasteiger partial charge is 0.497 e. The van der Waals surface area contributed by atoms with Gasteiger partial charge in [0.2, 0.25) is 5.95 Å². The average molecular weight is 540 g/mol. The number of fused-ring (bicyclic) bond motifs is 1. The topological polar surface area (TPSA) is 146 Å². The second kappa shape index (κ2) is 10.6. The summed E-state index contributed by atoms with van der Waals surface area (Å²) in [4.78, 5) is 39.3. The molecular formula is C26H33N7O4S. The number of aromatic nitrogens is 2. The second-order valence-corrected chi connectivity index (χ2v) is 10.8. The first kappa shape index (κ1) is 26.0. The van der Waals surface area contributed by atoms with E-state index in [-0.39, 0.29) is 24.4 Å². The number of piperazine rings is 1. The first-order chi connectivity index (χ1) is 18.3. The van der Waals surface area contributed by atoms with Gasteiger partial charge in [-0.25, -0.2) is 9.78 Å². The molecule has 2 aromatic heterocycles. The van der Waals surface area contributed by atoms with Crippen LogP contribution in [0.1, 0.15) is 41.6 Å². The van der Waals surface area contributed by atoms with Crippen LogP contribution in [-0.4, -0.2) is 77.3 Å². The Balaban J connectivity index is 1.28. The molecule has 5 N–H and O–H groups in total. The highest BCUT2D eigenvalue weighted by atomic mass is 32.1. The van der Waals surface area contributed by atoms with Crippen molar-refractivity contribution in [1.29, 1.82) is 0 Å². The van der Waals surface area contributed by atoms with Gasteiger partial charge in [-0.05, 0) is 43.5 Å². The molecular weight excluding hydrogens is 506 g/mol. The lowest BCUT2D eigenvalue weighted by Gasteiger charge is -2.35. The van der Waals surface area contributed by atoms with Crippen molar-refractivity contribution < 1.29 is 19.4 Å². The van der Waals surface area contributed by atoms with Crippen LogP contribution in [0.3, 0.4) is 0 Å². The fourth-order valence-corrected chi connectivity index (χ4v) is 6.02. The molecule has 3 heterocycles. The Kier molecular flexibility index (Phi) is 7.26. The normalized spacial score (nSPS) is 17.0. The van der Waals surface area contributed by atoms with Gasteiger partial charge in [-0.1, -0.05) is 12.8 Å². The molecule has 1 saturated heterocycles. The molecule has 2 aliphatic rings. The zero-order chi connectivity index (χ0) is 26.9. The van der Waals surface area contributed by atoms with E-state index in [9.17, 15) is 14.7 Å². The van der Waals surface area contributed by atoms with Crippen molar-refractivity contribution in [1.82, 2.24) is 20.2 Å². The lowest BCUT2D eigenvalue weighted by molar-refractivity contribution is 0.0450. The lowest BCUT2D eigenvalue weighted by Crippen LogP contribution is -2.50. The Morgan fingerprint density at radius 3 is 2.61 bits per heavy atom. The molecule has 3 amide bonds. The molecule has 0 unspecified atom stereocenters. The number of amides is 3. The van der Waals surface area contributed by atoms with Crippen LogP contribution in [0, 0.1) is 6.92 Å². The van der Waals surface area contributed by atoms with E-state index in [0.29, 0.717) is 60.6 Å². The molecule has 11 nitrogen and oxygen atoms in total. The minimum absolute atomic E-state index is 0.136. The number of nitrogens with one attached hydrogen (secondary N) is 2. The smallest absolute Gasteiger partial charge is 0.321 e. The van der Waals surface area contributed by atoms with Crippen LogP contribution in [-0.2, 0) is 0 Å². The van der Waals surface area contributed by atoms with E-state index in [1.807, 2.05) is 30.0 Å². The van der Waals surface area contributed by atoms with E-state index in [1.165, 1.54) is 11.3 Å². The van der Waals surface area contributed by atoms with Gasteiger partial charge in [0.25, 0.3) is 5.91 Å². The van der Waals surface area contributed by atoms with Crippen molar-refractivity contribution in [3.05, 3.63) is 34.7 Å². The van der Waals surface area contributed by atoms with Crippen molar-refractivity contribution in [2.24, 2.45) is 0 Å². The van der Waals surface area contributed by atoms with E-state index in [2.05, 4.69) is 20.6 Å². The van der Waals surface area contributed by atoms with Crippen LogP contribution in [0.2, 0.25) is 0 Å². The zero-order valence-corrected chi connectivity index (χ0v) is 22.4. The number of anilines is 3. The molecule has 0 spiro atoms. The molecule has 38 heavy (non-hydrogen) atoms. The van der Waals surface area contributed by atoms with Crippen LogP contribution in [0.15, 0.2) is 23.6 Å². The molecule has 1 aromatic carbocycles. The maximum absolute atomic E-state index is 13.1. The average Bonchev–Trinajstić information content (AvgIpc) is 3.54. The number of nitrogens with zero attached hydrogens (tertiary/aromatic N) is 4. The first-order valence-electron chi connectivity index (χ1n) is 12.8. The molecule has 12 heteroatoms. The molecule has 0 atom stereocenters. The number of aliphatic hydroxyl groups is 1. The van der Waals surface area contributed by atoms with Crippen molar-refractivity contribution in [2.75, 3.05) is 55.8 Å². The highest BCUT2D eigenvalue weighted by molar-refractivity contribution is 7.17. The Labute approximate surface area is 225 Å². The monoisotopic (exact) mass is 539 g/mol. The molecule has 5 rings (SSSR count). The SMILES string of the molecule is COc1ccc(NC(=O)N2CCN(c3nc(N)nc4scc(C(=O)NCC5(O)CCCC5)c34)CC2)c(C)c1. The summed E-state index contributed by atoms with van der Waals surface area (Å²) in [6, 6.07) is 5.34. The number of nitrogens with two attached hydrogens (primary N) is 1. The van der Waals surface area contributed by atoms with Crippen molar-refractivity contribution in [2.45, 2.75) is 38.2 Å². The van der Waals surface area contributed by atoms with E-state index in [1.54, 1.807) is 17.4 Å². The fraction of sp³-hybridized carbons (Fsp3) is 0.462. The van der Waals surface area contributed by atoms with Gasteiger partial charge < -0.3 is 36.0 Å². The van der Waals surface area contributed by atoms with Gasteiger partial charge in [0, 0.05) is 43.8 Å². The number of urea groups is 1. The van der Waals surface area contributed by atoms with Gasteiger partial charge in [-0.2, -0.15) is 4.98 Å². The van der Waals surface area contributed by atoms with E-state index in [0.717, 1.165) is 29.8 Å². The molecule has 2 fully saturated rings. The van der Waals surface area contributed by atoms with Gasteiger partial charge in [0.15, 0.2) is 0 Å². The summed E-state index contributed by atoms with van der Waals surface area (Å²) in [5.74, 6) is 1.20.